The largest absolute Gasteiger partial charge is 0.496 e. The van der Waals surface area contributed by atoms with Crippen LogP contribution in [0.25, 0.3) is 17.3 Å². The van der Waals surface area contributed by atoms with Crippen molar-refractivity contribution in [3.63, 3.8) is 0 Å². The van der Waals surface area contributed by atoms with Crippen molar-refractivity contribution in [1.29, 1.82) is 5.26 Å². The van der Waals surface area contributed by atoms with E-state index in [9.17, 15) is 10.1 Å². The number of aromatic nitrogens is 2. The Hall–Kier alpha value is -3.85. The fraction of sp³-hybridized carbons (Fsp3) is 0.0952. The number of nitrogens with two attached hydrogens (primary N) is 1. The highest BCUT2D eigenvalue weighted by Gasteiger charge is 2.16. The first-order valence-corrected chi connectivity index (χ1v) is 8.28. The Bertz CT molecular complexity index is 1030. The van der Waals surface area contributed by atoms with Crippen LogP contribution in [0.2, 0.25) is 0 Å². The van der Waals surface area contributed by atoms with Crippen LogP contribution in [0.3, 0.4) is 0 Å². The normalized spacial score (nSPS) is 11.0. The van der Waals surface area contributed by atoms with E-state index in [2.05, 4.69) is 5.10 Å². The Kier molecular flexibility index (Phi) is 5.33. The van der Waals surface area contributed by atoms with Crippen molar-refractivity contribution in [2.24, 2.45) is 5.73 Å². The van der Waals surface area contributed by atoms with Crippen LogP contribution in [0.4, 0.5) is 0 Å². The van der Waals surface area contributed by atoms with Gasteiger partial charge in [-0.1, -0.05) is 42.5 Å². The number of amides is 1. The topological polar surface area (TPSA) is 93.9 Å². The first-order valence-electron chi connectivity index (χ1n) is 8.28. The number of nitriles is 1. The quantitative estimate of drug-likeness (QED) is 0.541. The molecule has 2 N–H and O–H groups in total. The Labute approximate surface area is 157 Å². The third-order valence-electron chi connectivity index (χ3n) is 4.03. The minimum Gasteiger partial charge on any atom is -0.496 e. The summed E-state index contributed by atoms with van der Waals surface area (Å²) in [5.41, 5.74) is 8.22. The lowest BCUT2D eigenvalue weighted by atomic mass is 10.0. The molecule has 0 fully saturated rings. The maximum absolute atomic E-state index is 11.5. The molecular formula is C21H18N4O2. The molecular weight excluding hydrogens is 340 g/mol. The number of hydrogen-bond donors (Lipinski definition) is 1. The predicted molar refractivity (Wildman–Crippen MR) is 103 cm³/mol. The number of hydrogen-bond acceptors (Lipinski definition) is 4. The molecule has 3 rings (SSSR count). The van der Waals surface area contributed by atoms with Crippen LogP contribution in [-0.4, -0.2) is 22.8 Å². The number of carbonyl (C=O) groups excluding carboxylic acids is 1. The molecule has 0 radical (unpaired) electrons. The van der Waals surface area contributed by atoms with Crippen LogP contribution in [0, 0.1) is 11.3 Å². The highest BCUT2D eigenvalue weighted by atomic mass is 16.5. The van der Waals surface area contributed by atoms with Gasteiger partial charge >= 0.3 is 0 Å². The molecule has 0 aliphatic heterocycles. The molecule has 0 atom stereocenters. The molecule has 1 aromatic heterocycles. The Morgan fingerprint density at radius 1 is 1.22 bits per heavy atom. The summed E-state index contributed by atoms with van der Waals surface area (Å²) in [7, 11) is 1.58. The zero-order valence-corrected chi connectivity index (χ0v) is 14.8. The maximum atomic E-state index is 11.5. The molecule has 27 heavy (non-hydrogen) atoms. The van der Waals surface area contributed by atoms with E-state index in [1.807, 2.05) is 60.7 Å². The van der Waals surface area contributed by atoms with Crippen LogP contribution in [0.1, 0.15) is 11.1 Å². The smallest absolute Gasteiger partial charge is 0.259 e. The Balaban J connectivity index is 2.12. The Morgan fingerprint density at radius 3 is 2.59 bits per heavy atom. The van der Waals surface area contributed by atoms with Crippen LogP contribution in [-0.2, 0) is 11.3 Å². The summed E-state index contributed by atoms with van der Waals surface area (Å²) >= 11 is 0. The molecule has 0 aliphatic carbocycles. The van der Waals surface area contributed by atoms with Crippen molar-refractivity contribution in [3.8, 4) is 23.1 Å². The van der Waals surface area contributed by atoms with Gasteiger partial charge < -0.3 is 10.5 Å². The van der Waals surface area contributed by atoms with Crippen molar-refractivity contribution >= 4 is 12.0 Å². The SMILES string of the molecule is COc1ccccc1-c1nn(Cc2ccccc2)cc1/C=C(\C#N)C(N)=O. The second-order valence-corrected chi connectivity index (χ2v) is 5.85. The lowest BCUT2D eigenvalue weighted by Gasteiger charge is -2.06. The van der Waals surface area contributed by atoms with E-state index < -0.39 is 5.91 Å². The molecule has 1 amide bonds. The van der Waals surface area contributed by atoms with Gasteiger partial charge in [-0.3, -0.25) is 9.48 Å². The summed E-state index contributed by atoms with van der Waals surface area (Å²) in [5, 5.41) is 13.9. The molecule has 6 heteroatoms. The number of carbonyl (C=O) groups is 1. The molecule has 0 bridgehead atoms. The molecule has 0 unspecified atom stereocenters. The van der Waals surface area contributed by atoms with Crippen molar-refractivity contribution in [1.82, 2.24) is 9.78 Å². The molecule has 0 saturated carbocycles. The van der Waals surface area contributed by atoms with Crippen LogP contribution < -0.4 is 10.5 Å². The second kappa shape index (κ2) is 8.02. The summed E-state index contributed by atoms with van der Waals surface area (Å²) < 4.78 is 7.20. The van der Waals surface area contributed by atoms with Crippen LogP contribution in [0.15, 0.2) is 66.4 Å². The minimum atomic E-state index is -0.778. The zero-order chi connectivity index (χ0) is 19.2. The fourth-order valence-corrected chi connectivity index (χ4v) is 2.76. The molecule has 134 valence electrons. The fourth-order valence-electron chi connectivity index (χ4n) is 2.76. The van der Waals surface area contributed by atoms with Crippen LogP contribution >= 0.6 is 0 Å². The lowest BCUT2D eigenvalue weighted by molar-refractivity contribution is -0.114. The first-order chi connectivity index (χ1) is 13.1. The lowest BCUT2D eigenvalue weighted by Crippen LogP contribution is -2.12. The third kappa shape index (κ3) is 4.05. The van der Waals surface area contributed by atoms with E-state index in [1.165, 1.54) is 6.08 Å². The molecule has 3 aromatic rings. The van der Waals surface area contributed by atoms with Gasteiger partial charge in [-0.05, 0) is 23.8 Å². The first kappa shape index (κ1) is 18.0. The van der Waals surface area contributed by atoms with Gasteiger partial charge in [0.2, 0.25) is 0 Å². The van der Waals surface area contributed by atoms with Gasteiger partial charge in [0, 0.05) is 17.3 Å². The van der Waals surface area contributed by atoms with E-state index in [0.29, 0.717) is 23.6 Å². The summed E-state index contributed by atoms with van der Waals surface area (Å²) in [6.45, 7) is 0.551. The highest BCUT2D eigenvalue weighted by molar-refractivity contribution is 6.01. The van der Waals surface area contributed by atoms with Gasteiger partial charge in [-0.25, -0.2) is 0 Å². The number of benzene rings is 2. The van der Waals surface area contributed by atoms with Gasteiger partial charge in [-0.15, -0.1) is 0 Å². The van der Waals surface area contributed by atoms with Gasteiger partial charge in [-0.2, -0.15) is 10.4 Å². The van der Waals surface area contributed by atoms with Crippen molar-refractivity contribution in [2.75, 3.05) is 7.11 Å². The number of ether oxygens (including phenoxy) is 1. The summed E-state index contributed by atoms with van der Waals surface area (Å²) in [4.78, 5) is 11.5. The number of primary amides is 1. The molecule has 6 nitrogen and oxygen atoms in total. The molecule has 0 aliphatic rings. The molecule has 0 saturated heterocycles. The van der Waals surface area contributed by atoms with Crippen molar-refractivity contribution < 1.29 is 9.53 Å². The van der Waals surface area contributed by atoms with E-state index in [-0.39, 0.29) is 5.57 Å². The van der Waals surface area contributed by atoms with Gasteiger partial charge in [0.05, 0.1) is 13.7 Å². The standard InChI is InChI=1S/C21H18N4O2/c1-27-19-10-6-5-9-18(19)20-17(11-16(12-22)21(23)26)14-25(24-20)13-15-7-3-2-4-8-15/h2-11,14H,13H2,1H3,(H2,23,26)/b16-11+. The van der Waals surface area contributed by atoms with E-state index >= 15 is 0 Å². The number of methoxy groups -OCH3 is 1. The number of nitrogens with zero attached hydrogens (tertiary/aromatic N) is 3. The zero-order valence-electron chi connectivity index (χ0n) is 14.8. The van der Waals surface area contributed by atoms with E-state index in [0.717, 1.165) is 11.1 Å². The summed E-state index contributed by atoms with van der Waals surface area (Å²) in [6, 6.07) is 19.2. The van der Waals surface area contributed by atoms with Gasteiger partial charge in [0.25, 0.3) is 5.91 Å². The molecule has 1 heterocycles. The monoisotopic (exact) mass is 358 g/mol. The van der Waals surface area contributed by atoms with Gasteiger partial charge in [0.15, 0.2) is 0 Å². The third-order valence-corrected chi connectivity index (χ3v) is 4.03. The minimum absolute atomic E-state index is 0.134. The van der Waals surface area contributed by atoms with Crippen LogP contribution in [0.5, 0.6) is 5.75 Å². The second-order valence-electron chi connectivity index (χ2n) is 5.85. The highest BCUT2D eigenvalue weighted by Crippen LogP contribution is 2.32. The predicted octanol–water partition coefficient (Wildman–Crippen LogP) is 3.00. The summed E-state index contributed by atoms with van der Waals surface area (Å²) in [5.74, 6) is -0.131. The summed E-state index contributed by atoms with van der Waals surface area (Å²) in [6.07, 6.45) is 3.24. The Morgan fingerprint density at radius 2 is 1.93 bits per heavy atom. The van der Waals surface area contributed by atoms with E-state index in [4.69, 9.17) is 10.5 Å². The average molecular weight is 358 g/mol. The van der Waals surface area contributed by atoms with Crippen molar-refractivity contribution in [2.45, 2.75) is 6.54 Å². The van der Waals surface area contributed by atoms with E-state index in [1.54, 1.807) is 18.0 Å². The van der Waals surface area contributed by atoms with Crippen molar-refractivity contribution in [3.05, 3.63) is 77.5 Å². The maximum Gasteiger partial charge on any atom is 0.259 e. The number of para-hydroxylation sites is 1. The molecule has 0 spiro atoms. The number of rotatable bonds is 6. The van der Waals surface area contributed by atoms with Gasteiger partial charge in [0.1, 0.15) is 23.1 Å². The molecule has 2 aromatic carbocycles. The average Bonchev–Trinajstić information content (AvgIpc) is 3.08.